The van der Waals surface area contributed by atoms with Crippen molar-refractivity contribution in [3.05, 3.63) is 0 Å². The van der Waals surface area contributed by atoms with Crippen LogP contribution < -0.4 is 11.1 Å². The summed E-state index contributed by atoms with van der Waals surface area (Å²) in [5, 5.41) is 3.45. The summed E-state index contributed by atoms with van der Waals surface area (Å²) >= 11 is 0. The molecule has 0 saturated carbocycles. The molecule has 4 nitrogen and oxygen atoms in total. The molecule has 2 fully saturated rings. The number of likely N-dealkylation sites (tertiary alicyclic amines) is 1. The second kappa shape index (κ2) is 4.94. The zero-order valence-corrected chi connectivity index (χ0v) is 11.0. The number of fused-ring (bicyclic) bond motifs is 1. The molecule has 0 radical (unpaired) electrons. The van der Waals surface area contributed by atoms with Gasteiger partial charge in [-0.2, -0.15) is 0 Å². The minimum absolute atomic E-state index is 0.230. The van der Waals surface area contributed by atoms with Crippen molar-refractivity contribution >= 4 is 5.91 Å². The number of carbonyl (C=O) groups is 1. The Morgan fingerprint density at radius 2 is 1.82 bits per heavy atom. The Bertz CT molecular complexity index is 276. The molecule has 98 valence electrons. The van der Waals surface area contributed by atoms with E-state index in [1.54, 1.807) is 0 Å². The summed E-state index contributed by atoms with van der Waals surface area (Å²) in [6.07, 6.45) is 2.29. The van der Waals surface area contributed by atoms with Crippen molar-refractivity contribution in [2.24, 2.45) is 23.0 Å². The fourth-order valence-corrected chi connectivity index (χ4v) is 2.94. The van der Waals surface area contributed by atoms with Gasteiger partial charge in [0.15, 0.2) is 0 Å². The van der Waals surface area contributed by atoms with Crippen LogP contribution in [0.3, 0.4) is 0 Å². The van der Waals surface area contributed by atoms with Crippen LogP contribution in [0.15, 0.2) is 0 Å². The van der Waals surface area contributed by atoms with E-state index in [4.69, 9.17) is 5.73 Å². The molecule has 0 aromatic carbocycles. The molecule has 2 aliphatic rings. The number of hydrogen-bond donors (Lipinski definition) is 2. The van der Waals surface area contributed by atoms with E-state index in [1.807, 2.05) is 18.7 Å². The van der Waals surface area contributed by atoms with Crippen LogP contribution >= 0.6 is 0 Å². The largest absolute Gasteiger partial charge is 0.342 e. The van der Waals surface area contributed by atoms with Gasteiger partial charge in [-0.15, -0.1) is 0 Å². The molecular formula is C13H25N3O. The van der Waals surface area contributed by atoms with Crippen molar-refractivity contribution in [1.82, 2.24) is 10.2 Å². The average molecular weight is 239 g/mol. The summed E-state index contributed by atoms with van der Waals surface area (Å²) in [5.41, 5.74) is 5.28. The van der Waals surface area contributed by atoms with Gasteiger partial charge in [0.2, 0.25) is 5.91 Å². The van der Waals surface area contributed by atoms with Crippen LogP contribution in [0.25, 0.3) is 0 Å². The number of carbonyl (C=O) groups excluding carboxylic acids is 1. The first kappa shape index (κ1) is 12.8. The highest BCUT2D eigenvalue weighted by Crippen LogP contribution is 2.28. The van der Waals surface area contributed by atoms with E-state index < -0.39 is 5.41 Å². The second-order valence-corrected chi connectivity index (χ2v) is 6.14. The smallest absolute Gasteiger partial charge is 0.229 e. The Labute approximate surface area is 104 Å². The van der Waals surface area contributed by atoms with E-state index in [-0.39, 0.29) is 5.91 Å². The number of amides is 1. The fourth-order valence-electron chi connectivity index (χ4n) is 2.94. The third-order valence-electron chi connectivity index (χ3n) is 4.40. The lowest BCUT2D eigenvalue weighted by atomic mass is 9.91. The molecule has 0 aromatic rings. The molecule has 0 spiro atoms. The fraction of sp³-hybridized carbons (Fsp3) is 0.923. The van der Waals surface area contributed by atoms with E-state index >= 15 is 0 Å². The Kier molecular flexibility index (Phi) is 3.73. The van der Waals surface area contributed by atoms with Gasteiger partial charge >= 0.3 is 0 Å². The van der Waals surface area contributed by atoms with Crippen LogP contribution in [0.5, 0.6) is 0 Å². The number of nitrogens with zero attached hydrogens (tertiary/aromatic N) is 1. The van der Waals surface area contributed by atoms with Gasteiger partial charge in [-0.25, -0.2) is 0 Å². The van der Waals surface area contributed by atoms with Gasteiger partial charge in [-0.1, -0.05) is 0 Å². The SMILES string of the molecule is CC(C)(CN)C(=O)N1CC[C@@H]2CNC[C@@H]2CC1. The van der Waals surface area contributed by atoms with Crippen LogP contribution in [0, 0.1) is 17.3 Å². The van der Waals surface area contributed by atoms with Crippen molar-refractivity contribution in [3.63, 3.8) is 0 Å². The van der Waals surface area contributed by atoms with Gasteiger partial charge < -0.3 is 16.0 Å². The molecule has 2 atom stereocenters. The normalized spacial score (nSPS) is 29.9. The number of nitrogens with two attached hydrogens (primary N) is 1. The molecule has 0 bridgehead atoms. The predicted octanol–water partition coefficient (Wildman–Crippen LogP) is 0.429. The summed E-state index contributed by atoms with van der Waals surface area (Å²) in [6.45, 7) is 8.40. The van der Waals surface area contributed by atoms with Crippen molar-refractivity contribution in [3.8, 4) is 0 Å². The molecular weight excluding hydrogens is 214 g/mol. The van der Waals surface area contributed by atoms with Gasteiger partial charge in [-0.05, 0) is 51.6 Å². The standard InChI is InChI=1S/C13H25N3O/c1-13(2,9-14)12(17)16-5-3-10-7-15-8-11(10)4-6-16/h10-11,15H,3-9,14H2,1-2H3/t10-,11+. The third-order valence-corrected chi connectivity index (χ3v) is 4.40. The van der Waals surface area contributed by atoms with E-state index in [1.165, 1.54) is 0 Å². The van der Waals surface area contributed by atoms with Crippen LogP contribution in [0.2, 0.25) is 0 Å². The van der Waals surface area contributed by atoms with Crippen molar-refractivity contribution < 1.29 is 4.79 Å². The van der Waals surface area contributed by atoms with E-state index in [0.29, 0.717) is 6.54 Å². The lowest BCUT2D eigenvalue weighted by molar-refractivity contribution is -0.139. The quantitative estimate of drug-likeness (QED) is 0.734. The predicted molar refractivity (Wildman–Crippen MR) is 68.5 cm³/mol. The van der Waals surface area contributed by atoms with Gasteiger partial charge in [0, 0.05) is 19.6 Å². The molecule has 0 unspecified atom stereocenters. The second-order valence-electron chi connectivity index (χ2n) is 6.14. The minimum Gasteiger partial charge on any atom is -0.342 e. The van der Waals surface area contributed by atoms with Gasteiger partial charge in [0.1, 0.15) is 0 Å². The molecule has 0 aromatic heterocycles. The van der Waals surface area contributed by atoms with Crippen LogP contribution in [-0.2, 0) is 4.79 Å². The molecule has 2 saturated heterocycles. The van der Waals surface area contributed by atoms with Gasteiger partial charge in [0.25, 0.3) is 0 Å². The molecule has 3 N–H and O–H groups in total. The molecule has 0 aliphatic carbocycles. The number of hydrogen-bond acceptors (Lipinski definition) is 3. The zero-order chi connectivity index (χ0) is 12.5. The summed E-state index contributed by atoms with van der Waals surface area (Å²) in [7, 11) is 0. The maximum Gasteiger partial charge on any atom is 0.229 e. The zero-order valence-electron chi connectivity index (χ0n) is 11.0. The van der Waals surface area contributed by atoms with E-state index in [2.05, 4.69) is 5.32 Å². The Balaban J connectivity index is 1.97. The lowest BCUT2D eigenvalue weighted by Crippen LogP contribution is -2.45. The molecule has 17 heavy (non-hydrogen) atoms. The summed E-state index contributed by atoms with van der Waals surface area (Å²) < 4.78 is 0. The number of rotatable bonds is 2. The van der Waals surface area contributed by atoms with Crippen LogP contribution in [-0.4, -0.2) is 43.5 Å². The summed E-state index contributed by atoms with van der Waals surface area (Å²) in [5.74, 6) is 1.77. The summed E-state index contributed by atoms with van der Waals surface area (Å²) in [4.78, 5) is 14.4. The Morgan fingerprint density at radius 3 is 2.29 bits per heavy atom. The van der Waals surface area contributed by atoms with Crippen LogP contribution in [0.4, 0.5) is 0 Å². The number of nitrogens with one attached hydrogen (secondary N) is 1. The Hall–Kier alpha value is -0.610. The first-order valence-corrected chi connectivity index (χ1v) is 6.75. The van der Waals surface area contributed by atoms with E-state index in [9.17, 15) is 4.79 Å². The molecule has 2 heterocycles. The highest BCUT2D eigenvalue weighted by atomic mass is 16.2. The maximum absolute atomic E-state index is 12.4. The van der Waals surface area contributed by atoms with Crippen molar-refractivity contribution in [2.45, 2.75) is 26.7 Å². The molecule has 2 aliphatic heterocycles. The lowest BCUT2D eigenvalue weighted by Gasteiger charge is -2.30. The van der Waals surface area contributed by atoms with Crippen LogP contribution in [0.1, 0.15) is 26.7 Å². The minimum atomic E-state index is -0.405. The van der Waals surface area contributed by atoms with Crippen molar-refractivity contribution in [1.29, 1.82) is 0 Å². The maximum atomic E-state index is 12.4. The van der Waals surface area contributed by atoms with E-state index in [0.717, 1.165) is 50.9 Å². The molecule has 1 amide bonds. The first-order valence-electron chi connectivity index (χ1n) is 6.75. The summed E-state index contributed by atoms with van der Waals surface area (Å²) in [6, 6.07) is 0. The first-order chi connectivity index (χ1) is 8.04. The topological polar surface area (TPSA) is 58.4 Å². The van der Waals surface area contributed by atoms with Crippen molar-refractivity contribution in [2.75, 3.05) is 32.7 Å². The third kappa shape index (κ3) is 2.63. The average Bonchev–Trinajstić information content (AvgIpc) is 2.67. The van der Waals surface area contributed by atoms with Gasteiger partial charge in [0.05, 0.1) is 5.41 Å². The molecule has 2 rings (SSSR count). The molecule has 4 heteroatoms. The monoisotopic (exact) mass is 239 g/mol. The van der Waals surface area contributed by atoms with Gasteiger partial charge in [-0.3, -0.25) is 4.79 Å². The Morgan fingerprint density at radius 1 is 1.29 bits per heavy atom. The highest BCUT2D eigenvalue weighted by Gasteiger charge is 2.35. The highest BCUT2D eigenvalue weighted by molar-refractivity contribution is 5.82.